The number of aliphatic imine (C=N–C) groups is 1. The van der Waals surface area contributed by atoms with E-state index in [1.165, 1.54) is 5.06 Å². The van der Waals surface area contributed by atoms with Crippen LogP contribution >= 0.6 is 0 Å². The number of imide groups is 1. The van der Waals surface area contributed by atoms with E-state index in [1.807, 2.05) is 38.1 Å². The first-order chi connectivity index (χ1) is 34.8. The van der Waals surface area contributed by atoms with Gasteiger partial charge in [-0.2, -0.15) is 0 Å². The number of nitrogens with two attached hydrogens (primary N) is 1. The zero-order valence-electron chi connectivity index (χ0n) is 41.4. The summed E-state index contributed by atoms with van der Waals surface area (Å²) in [5, 5.41) is 3.99. The molecule has 0 bridgehead atoms. The number of fused-ring (bicyclic) bond motifs is 1. The fourth-order valence-corrected chi connectivity index (χ4v) is 6.55. The number of nitrogens with zero attached hydrogens (tertiary/aromatic N) is 5. The molecule has 3 N–H and O–H groups in total. The normalized spacial score (nSPS) is 13.4. The van der Waals surface area contributed by atoms with Gasteiger partial charge in [-0.3, -0.25) is 28.9 Å². The number of ether oxygens (including phenoxy) is 10. The minimum Gasteiger partial charge on any atom is -0.387 e. The maximum Gasteiger partial charge on any atom is 0.273 e. The van der Waals surface area contributed by atoms with Crippen LogP contribution in [0.15, 0.2) is 53.3 Å². The molecule has 2 aromatic rings. The zero-order valence-corrected chi connectivity index (χ0v) is 41.4. The van der Waals surface area contributed by atoms with Crippen LogP contribution < -0.4 is 11.1 Å². The molecule has 0 atom stereocenters. The van der Waals surface area contributed by atoms with E-state index in [0.29, 0.717) is 162 Å². The molecule has 4 amide bonds. The van der Waals surface area contributed by atoms with Crippen LogP contribution in [-0.2, 0) is 77.8 Å². The predicted octanol–water partition coefficient (Wildman–Crippen LogP) is 2.25. The van der Waals surface area contributed by atoms with Gasteiger partial charge in [-0.15, -0.1) is 0 Å². The third-order valence-corrected chi connectivity index (χ3v) is 10.1. The van der Waals surface area contributed by atoms with Gasteiger partial charge in [0.2, 0.25) is 5.91 Å². The molecule has 1 aromatic heterocycles. The third-order valence-electron chi connectivity index (χ3n) is 10.1. The maximum atomic E-state index is 13.2. The lowest BCUT2D eigenvalue weighted by Crippen LogP contribution is -2.41. The number of hydroxylamine groups is 2. The van der Waals surface area contributed by atoms with E-state index in [2.05, 4.69) is 20.3 Å². The van der Waals surface area contributed by atoms with Crippen molar-refractivity contribution in [3.63, 3.8) is 0 Å². The molecule has 0 spiro atoms. The molecule has 394 valence electrons. The predicted molar refractivity (Wildman–Crippen MR) is 260 cm³/mol. The number of carbonyl (C=O) groups is 4. The van der Waals surface area contributed by atoms with Crippen LogP contribution in [0, 0.1) is 0 Å². The van der Waals surface area contributed by atoms with Gasteiger partial charge < -0.3 is 58.4 Å². The van der Waals surface area contributed by atoms with Crippen molar-refractivity contribution in [2.45, 2.75) is 39.5 Å². The van der Waals surface area contributed by atoms with Crippen LogP contribution in [0.5, 0.6) is 0 Å². The Morgan fingerprint density at radius 1 is 0.662 bits per heavy atom. The Bertz CT molecular complexity index is 1930. The van der Waals surface area contributed by atoms with E-state index in [9.17, 15) is 19.2 Å². The Morgan fingerprint density at radius 3 is 1.62 bits per heavy atom. The van der Waals surface area contributed by atoms with Gasteiger partial charge in [-0.1, -0.05) is 19.1 Å². The topological polar surface area (TPSA) is 252 Å². The van der Waals surface area contributed by atoms with Crippen molar-refractivity contribution in [3.8, 4) is 11.1 Å². The van der Waals surface area contributed by atoms with Crippen LogP contribution in [0.3, 0.4) is 0 Å². The molecule has 0 saturated carbocycles. The first-order valence-corrected chi connectivity index (χ1v) is 24.3. The number of carbonyl (C=O) groups excluding carboxylic acids is 4. The van der Waals surface area contributed by atoms with E-state index in [-0.39, 0.29) is 32.0 Å². The van der Waals surface area contributed by atoms with Gasteiger partial charge in [0.25, 0.3) is 17.7 Å². The quantitative estimate of drug-likeness (QED) is 0.0550. The Hall–Kier alpha value is -5.11. The average Bonchev–Trinajstić information content (AvgIpc) is 3.57. The second-order valence-electron chi connectivity index (χ2n) is 15.6. The van der Waals surface area contributed by atoms with Gasteiger partial charge in [0.15, 0.2) is 0 Å². The number of rotatable bonds is 42. The summed E-state index contributed by atoms with van der Waals surface area (Å²) in [6.45, 7) is 13.6. The number of aryl methyl sites for hydroxylation is 1. The van der Waals surface area contributed by atoms with Crippen molar-refractivity contribution in [1.82, 2.24) is 25.2 Å². The number of benzene rings is 1. The monoisotopic (exact) mass is 1000 g/mol. The van der Waals surface area contributed by atoms with E-state index < -0.39 is 17.7 Å². The molecule has 0 saturated heterocycles. The smallest absolute Gasteiger partial charge is 0.273 e. The standard InChI is InChI=1S/C49H73N7O15/c1-3-12-56(71-4-2)49(60)41-33-40-8-7-39(34-43(40)54-44(50)35-41)42-36-52-45(53-37-42)6-5-13-61-15-17-63-19-21-65-23-25-67-27-29-69-31-32-70-30-28-68-26-24-66-22-20-64-18-16-62-14-11-51-46(57)38-55-47(58)9-10-48(55)59/h7-10,33-34,36-37H,3-6,11-32,35,38H2,1-2H3,(H2,50,54)(H,51,57). The number of hydrogen-bond acceptors (Lipinski definition) is 19. The van der Waals surface area contributed by atoms with Gasteiger partial charge >= 0.3 is 0 Å². The molecular formula is C49H73N7O15. The number of amidine groups is 1. The van der Waals surface area contributed by atoms with Crippen LogP contribution in [0.1, 0.15) is 44.5 Å². The van der Waals surface area contributed by atoms with Gasteiger partial charge in [0.1, 0.15) is 18.2 Å². The molecule has 1 aromatic carbocycles. The largest absolute Gasteiger partial charge is 0.387 e. The van der Waals surface area contributed by atoms with Gasteiger partial charge in [-0.25, -0.2) is 20.0 Å². The first kappa shape index (κ1) is 58.5. The Balaban J connectivity index is 0.844. The Morgan fingerprint density at radius 2 is 1.14 bits per heavy atom. The Kier molecular flexibility index (Phi) is 30.3. The lowest BCUT2D eigenvalue weighted by atomic mass is 10.0. The molecule has 0 radical (unpaired) electrons. The molecule has 71 heavy (non-hydrogen) atoms. The van der Waals surface area contributed by atoms with Crippen molar-refractivity contribution in [3.05, 3.63) is 59.7 Å². The van der Waals surface area contributed by atoms with E-state index >= 15 is 0 Å². The molecule has 3 heterocycles. The summed E-state index contributed by atoms with van der Waals surface area (Å²) in [6.07, 6.45) is 10.2. The number of nitrogens with one attached hydrogen (secondary N) is 1. The first-order valence-electron chi connectivity index (χ1n) is 24.3. The molecular weight excluding hydrogens is 927 g/mol. The highest BCUT2D eigenvalue weighted by Crippen LogP contribution is 2.32. The Labute approximate surface area is 416 Å². The summed E-state index contributed by atoms with van der Waals surface area (Å²) in [4.78, 5) is 68.1. The van der Waals surface area contributed by atoms with Crippen molar-refractivity contribution in [2.24, 2.45) is 10.7 Å². The number of hydrogen-bond donors (Lipinski definition) is 2. The van der Waals surface area contributed by atoms with Crippen LogP contribution in [0.4, 0.5) is 5.69 Å². The summed E-state index contributed by atoms with van der Waals surface area (Å²) in [5.41, 5.74) is 10.0. The highest BCUT2D eigenvalue weighted by molar-refractivity contribution is 6.14. The second kappa shape index (κ2) is 36.8. The molecule has 2 aliphatic rings. The molecule has 0 unspecified atom stereocenters. The van der Waals surface area contributed by atoms with Crippen molar-refractivity contribution < 1.29 is 71.4 Å². The van der Waals surface area contributed by atoms with E-state index in [4.69, 9.17) is 57.9 Å². The van der Waals surface area contributed by atoms with Crippen LogP contribution in [0.25, 0.3) is 17.2 Å². The molecule has 0 fully saturated rings. The lowest BCUT2D eigenvalue weighted by Gasteiger charge is -2.21. The zero-order chi connectivity index (χ0) is 50.6. The number of amides is 4. The molecule has 4 rings (SSSR count). The average molecular weight is 1000 g/mol. The minimum absolute atomic E-state index is 0.204. The fraction of sp³-hybridized carbons (Fsp3) is 0.612. The second-order valence-corrected chi connectivity index (χ2v) is 15.6. The minimum atomic E-state index is -0.496. The van der Waals surface area contributed by atoms with Gasteiger partial charge in [-0.05, 0) is 37.5 Å². The van der Waals surface area contributed by atoms with Crippen LogP contribution in [0.2, 0.25) is 0 Å². The lowest BCUT2D eigenvalue weighted by molar-refractivity contribution is -0.180. The SMILES string of the molecule is CCCN(OCC)C(=O)C1=Cc2ccc(-c3cnc(CCCOCCOCCOCCOCCOCCOCCOCCOCCOCCOCCNC(=O)CN4C(=O)C=CC4=O)nc3)cc2N=C(N)C1. The van der Waals surface area contributed by atoms with Crippen molar-refractivity contribution in [2.75, 3.05) is 158 Å². The van der Waals surface area contributed by atoms with E-state index in [1.54, 1.807) is 12.4 Å². The number of aromatic nitrogens is 2. The van der Waals surface area contributed by atoms with Crippen molar-refractivity contribution in [1.29, 1.82) is 0 Å². The van der Waals surface area contributed by atoms with Crippen LogP contribution in [-0.4, -0.2) is 208 Å². The van der Waals surface area contributed by atoms with E-state index in [0.717, 1.165) is 52.4 Å². The summed E-state index contributed by atoms with van der Waals surface area (Å²) in [5.74, 6) is -0.534. The summed E-state index contributed by atoms with van der Waals surface area (Å²) >= 11 is 0. The highest BCUT2D eigenvalue weighted by atomic mass is 16.7. The third kappa shape index (κ3) is 24.7. The maximum absolute atomic E-state index is 13.2. The van der Waals surface area contributed by atoms with Gasteiger partial charge in [0, 0.05) is 73.8 Å². The molecule has 22 heteroatoms. The molecule has 0 aliphatic carbocycles. The van der Waals surface area contributed by atoms with Crippen molar-refractivity contribution >= 4 is 41.2 Å². The summed E-state index contributed by atoms with van der Waals surface area (Å²) in [6, 6.07) is 5.83. The van der Waals surface area contributed by atoms with Gasteiger partial charge in [0.05, 0.1) is 138 Å². The molecule has 2 aliphatic heterocycles. The summed E-state index contributed by atoms with van der Waals surface area (Å²) in [7, 11) is 0. The fourth-order valence-electron chi connectivity index (χ4n) is 6.55. The molecule has 22 nitrogen and oxygen atoms in total. The summed E-state index contributed by atoms with van der Waals surface area (Å²) < 4.78 is 55.2. The highest BCUT2D eigenvalue weighted by Gasteiger charge is 2.25.